The third-order valence-corrected chi connectivity index (χ3v) is 2.76. The van der Waals surface area contributed by atoms with E-state index in [1.807, 2.05) is 26.0 Å². The Morgan fingerprint density at radius 1 is 1.25 bits per heavy atom. The van der Waals surface area contributed by atoms with Gasteiger partial charge in [0.15, 0.2) is 0 Å². The Hall–Kier alpha value is 0.01000. The lowest BCUT2D eigenvalue weighted by molar-refractivity contribution is 0.758. The average molecular weight is 246 g/mol. The second-order valence-electron chi connectivity index (χ2n) is 3.16. The van der Waals surface area contributed by atoms with E-state index in [9.17, 15) is 0 Å². The van der Waals surface area contributed by atoms with Crippen molar-refractivity contribution in [3.05, 3.63) is 28.7 Å². The molecule has 0 bridgehead atoms. The first-order valence-electron chi connectivity index (χ1n) is 3.71. The number of hydrogen-bond acceptors (Lipinski definition) is 2. The molecule has 66 valence electrons. The quantitative estimate of drug-likeness (QED) is 0.640. The van der Waals surface area contributed by atoms with Crippen LogP contribution in [0.2, 0.25) is 0 Å². The molecule has 0 aliphatic heterocycles. The van der Waals surface area contributed by atoms with Crippen LogP contribution in [0.5, 0.6) is 0 Å². The summed E-state index contributed by atoms with van der Waals surface area (Å²) < 4.78 is 1.10. The van der Waals surface area contributed by atoms with Crippen LogP contribution < -0.4 is 5.73 Å². The summed E-state index contributed by atoms with van der Waals surface area (Å²) in [6.45, 7) is 4.00. The molecule has 0 saturated carbocycles. The fraction of sp³-hybridized carbons (Fsp3) is 0.333. The van der Waals surface area contributed by atoms with Gasteiger partial charge in [-0.3, -0.25) is 0 Å². The maximum absolute atomic E-state index is 5.86. The zero-order chi connectivity index (χ0) is 9.19. The minimum atomic E-state index is -0.201. The molecule has 1 aromatic rings. The normalized spacial score (nSPS) is 11.7. The van der Waals surface area contributed by atoms with Crippen molar-refractivity contribution in [2.24, 2.45) is 5.73 Å². The number of thioether (sulfide) groups is 1. The van der Waals surface area contributed by atoms with E-state index in [0.717, 1.165) is 4.47 Å². The predicted molar refractivity (Wildman–Crippen MR) is 58.3 cm³/mol. The Morgan fingerprint density at radius 2 is 1.75 bits per heavy atom. The molecule has 0 fully saturated rings. The molecular formula is C9H12BrNS. The summed E-state index contributed by atoms with van der Waals surface area (Å²) in [6.07, 6.45) is 0. The van der Waals surface area contributed by atoms with Crippen molar-refractivity contribution in [2.75, 3.05) is 0 Å². The highest BCUT2D eigenvalue weighted by Gasteiger charge is 2.11. The van der Waals surface area contributed by atoms with Crippen molar-refractivity contribution >= 4 is 27.7 Å². The van der Waals surface area contributed by atoms with Crippen molar-refractivity contribution in [2.45, 2.75) is 23.6 Å². The molecule has 1 nitrogen and oxygen atoms in total. The first-order valence-corrected chi connectivity index (χ1v) is 5.32. The highest BCUT2D eigenvalue weighted by Crippen LogP contribution is 2.28. The van der Waals surface area contributed by atoms with Crippen LogP contribution in [0.1, 0.15) is 13.8 Å². The number of benzene rings is 1. The van der Waals surface area contributed by atoms with Gasteiger partial charge >= 0.3 is 0 Å². The van der Waals surface area contributed by atoms with Gasteiger partial charge in [-0.15, -0.1) is 11.8 Å². The first-order chi connectivity index (χ1) is 5.47. The van der Waals surface area contributed by atoms with Crippen LogP contribution >= 0.6 is 27.7 Å². The van der Waals surface area contributed by atoms with E-state index < -0.39 is 0 Å². The lowest BCUT2D eigenvalue weighted by Gasteiger charge is -2.17. The molecule has 0 unspecified atom stereocenters. The summed E-state index contributed by atoms with van der Waals surface area (Å²) in [6, 6.07) is 8.16. The van der Waals surface area contributed by atoms with E-state index in [2.05, 4.69) is 28.1 Å². The molecule has 1 aromatic carbocycles. The van der Waals surface area contributed by atoms with Gasteiger partial charge < -0.3 is 5.73 Å². The zero-order valence-electron chi connectivity index (χ0n) is 7.17. The van der Waals surface area contributed by atoms with Crippen LogP contribution in [-0.2, 0) is 0 Å². The van der Waals surface area contributed by atoms with E-state index >= 15 is 0 Å². The second-order valence-corrected chi connectivity index (χ2v) is 5.80. The topological polar surface area (TPSA) is 26.0 Å². The Balaban J connectivity index is 2.71. The summed E-state index contributed by atoms with van der Waals surface area (Å²) in [5.74, 6) is 0. The number of rotatable bonds is 2. The fourth-order valence-electron chi connectivity index (χ4n) is 0.806. The van der Waals surface area contributed by atoms with Crippen molar-refractivity contribution in [3.8, 4) is 0 Å². The van der Waals surface area contributed by atoms with Gasteiger partial charge in [-0.25, -0.2) is 0 Å². The molecule has 0 spiro atoms. The predicted octanol–water partition coefficient (Wildman–Crippen LogP) is 3.24. The van der Waals surface area contributed by atoms with Crippen LogP contribution in [0.3, 0.4) is 0 Å². The summed E-state index contributed by atoms with van der Waals surface area (Å²) in [7, 11) is 0. The van der Waals surface area contributed by atoms with E-state index in [-0.39, 0.29) is 4.87 Å². The summed E-state index contributed by atoms with van der Waals surface area (Å²) in [4.78, 5) is 0.999. The molecule has 3 heteroatoms. The van der Waals surface area contributed by atoms with E-state index in [1.165, 1.54) is 4.90 Å². The van der Waals surface area contributed by atoms with Gasteiger partial charge in [0.2, 0.25) is 0 Å². The third-order valence-electron chi connectivity index (χ3n) is 1.19. The minimum Gasteiger partial charge on any atom is -0.317 e. The van der Waals surface area contributed by atoms with E-state index in [1.54, 1.807) is 11.8 Å². The smallest absolute Gasteiger partial charge is 0.0609 e. The Bertz CT molecular complexity index is 250. The molecule has 0 atom stereocenters. The van der Waals surface area contributed by atoms with Crippen molar-refractivity contribution in [1.82, 2.24) is 0 Å². The lowest BCUT2D eigenvalue weighted by atomic mass is 10.4. The largest absolute Gasteiger partial charge is 0.317 e. The minimum absolute atomic E-state index is 0.201. The van der Waals surface area contributed by atoms with Crippen molar-refractivity contribution in [1.29, 1.82) is 0 Å². The third kappa shape index (κ3) is 3.61. The van der Waals surface area contributed by atoms with Crippen LogP contribution in [-0.4, -0.2) is 4.87 Å². The summed E-state index contributed by atoms with van der Waals surface area (Å²) in [5, 5.41) is 0. The molecule has 0 saturated heterocycles. The average Bonchev–Trinajstić information content (AvgIpc) is 1.91. The van der Waals surface area contributed by atoms with E-state index in [4.69, 9.17) is 5.73 Å². The van der Waals surface area contributed by atoms with Gasteiger partial charge in [0.05, 0.1) is 4.87 Å². The van der Waals surface area contributed by atoms with Gasteiger partial charge in [0, 0.05) is 9.37 Å². The highest BCUT2D eigenvalue weighted by atomic mass is 79.9. The monoisotopic (exact) mass is 245 g/mol. The fourth-order valence-corrected chi connectivity index (χ4v) is 1.95. The van der Waals surface area contributed by atoms with Gasteiger partial charge in [-0.1, -0.05) is 15.9 Å². The van der Waals surface area contributed by atoms with Gasteiger partial charge in [0.25, 0.3) is 0 Å². The zero-order valence-corrected chi connectivity index (χ0v) is 9.58. The molecular weight excluding hydrogens is 234 g/mol. The molecule has 0 aliphatic rings. The molecule has 1 rings (SSSR count). The molecule has 0 heterocycles. The number of halogens is 1. The van der Waals surface area contributed by atoms with Crippen LogP contribution in [0.4, 0.5) is 0 Å². The van der Waals surface area contributed by atoms with Gasteiger partial charge in [0.1, 0.15) is 0 Å². The van der Waals surface area contributed by atoms with E-state index in [0.29, 0.717) is 0 Å². The standard InChI is InChI=1S/C9H12BrNS/c1-9(2,11)12-8-5-3-7(10)4-6-8/h3-6H,11H2,1-2H3. The van der Waals surface area contributed by atoms with Crippen LogP contribution in [0.15, 0.2) is 33.6 Å². The maximum atomic E-state index is 5.86. The highest BCUT2D eigenvalue weighted by molar-refractivity contribution is 9.10. The van der Waals surface area contributed by atoms with Crippen molar-refractivity contribution in [3.63, 3.8) is 0 Å². The Kier molecular flexibility index (Phi) is 3.21. The number of nitrogens with two attached hydrogens (primary N) is 1. The van der Waals surface area contributed by atoms with Crippen LogP contribution in [0, 0.1) is 0 Å². The van der Waals surface area contributed by atoms with Crippen LogP contribution in [0.25, 0.3) is 0 Å². The number of hydrogen-bond donors (Lipinski definition) is 1. The SMILES string of the molecule is CC(C)(N)Sc1ccc(Br)cc1. The molecule has 0 aliphatic carbocycles. The Morgan fingerprint density at radius 3 is 2.17 bits per heavy atom. The maximum Gasteiger partial charge on any atom is 0.0609 e. The second kappa shape index (κ2) is 3.81. The van der Waals surface area contributed by atoms with Gasteiger partial charge in [-0.2, -0.15) is 0 Å². The molecule has 0 aromatic heterocycles. The molecule has 0 radical (unpaired) electrons. The molecule has 2 N–H and O–H groups in total. The van der Waals surface area contributed by atoms with Crippen molar-refractivity contribution < 1.29 is 0 Å². The summed E-state index contributed by atoms with van der Waals surface area (Å²) >= 11 is 5.05. The summed E-state index contributed by atoms with van der Waals surface area (Å²) in [5.41, 5.74) is 5.86. The molecule has 0 amide bonds. The Labute approximate surface area is 85.9 Å². The lowest BCUT2D eigenvalue weighted by Crippen LogP contribution is -2.26. The molecule has 12 heavy (non-hydrogen) atoms. The van der Waals surface area contributed by atoms with Gasteiger partial charge in [-0.05, 0) is 38.1 Å². The first kappa shape index (κ1) is 10.1.